The van der Waals surface area contributed by atoms with E-state index in [1.54, 1.807) is 6.92 Å². The molecule has 9 nitrogen and oxygen atoms in total. The minimum Gasteiger partial charge on any atom is -0.487 e. The summed E-state index contributed by atoms with van der Waals surface area (Å²) in [5, 5.41) is 14.3. The van der Waals surface area contributed by atoms with Gasteiger partial charge in [0.25, 0.3) is 5.69 Å². The van der Waals surface area contributed by atoms with Crippen LogP contribution in [0.3, 0.4) is 0 Å². The lowest BCUT2D eigenvalue weighted by molar-refractivity contribution is -0.384. The van der Waals surface area contributed by atoms with Crippen LogP contribution < -0.4 is 14.4 Å². The number of nitrogens with one attached hydrogen (secondary N) is 1. The first-order chi connectivity index (χ1) is 16.5. The average molecular weight is 504 g/mol. The minimum atomic E-state index is -3.71. The number of para-hydroxylation sites is 1. The second-order valence-electron chi connectivity index (χ2n) is 9.02. The topological polar surface area (TPSA) is 119 Å². The molecule has 35 heavy (non-hydrogen) atoms. The number of ether oxygens (including phenoxy) is 1. The molecule has 1 N–H and O–H groups in total. The van der Waals surface area contributed by atoms with E-state index in [0.717, 1.165) is 34.7 Å². The third kappa shape index (κ3) is 6.11. The molecule has 1 aliphatic heterocycles. The van der Waals surface area contributed by atoms with Crippen LogP contribution >= 0.6 is 0 Å². The summed E-state index contributed by atoms with van der Waals surface area (Å²) in [7, 11) is -3.71. The Balaban J connectivity index is 1.71. The number of aryl methyl sites for hydroxylation is 1. The van der Waals surface area contributed by atoms with Crippen molar-refractivity contribution in [1.82, 2.24) is 5.32 Å². The Morgan fingerprint density at radius 2 is 1.91 bits per heavy atom. The molecule has 190 valence electrons. The smallest absolute Gasteiger partial charge is 0.271 e. The maximum Gasteiger partial charge on any atom is 0.271 e. The summed E-state index contributed by atoms with van der Waals surface area (Å²) in [6, 6.07) is 11.6. The highest BCUT2D eigenvalue weighted by atomic mass is 32.2. The number of fused-ring (bicyclic) bond motifs is 1. The predicted molar refractivity (Wildman–Crippen MR) is 135 cm³/mol. The maximum absolute atomic E-state index is 12.9. The first-order valence-electron chi connectivity index (χ1n) is 11.8. The van der Waals surface area contributed by atoms with Crippen molar-refractivity contribution in [2.24, 2.45) is 0 Å². The van der Waals surface area contributed by atoms with Gasteiger partial charge < -0.3 is 10.1 Å². The molecule has 0 fully saturated rings. The molecule has 10 heteroatoms. The summed E-state index contributed by atoms with van der Waals surface area (Å²) in [4.78, 5) is 23.5. The Bertz CT molecular complexity index is 1190. The number of nitrogens with zero attached hydrogens (tertiary/aromatic N) is 2. The van der Waals surface area contributed by atoms with Crippen molar-refractivity contribution in [3.05, 3.63) is 63.7 Å². The molecule has 0 saturated heterocycles. The Kier molecular flexibility index (Phi) is 8.04. The maximum atomic E-state index is 12.9. The van der Waals surface area contributed by atoms with Crippen molar-refractivity contribution < 1.29 is 22.9 Å². The molecular formula is C25H33N3O6S. The van der Waals surface area contributed by atoms with Crippen molar-refractivity contribution >= 4 is 27.3 Å². The van der Waals surface area contributed by atoms with E-state index < -0.39 is 14.9 Å². The van der Waals surface area contributed by atoms with Crippen molar-refractivity contribution in [3.8, 4) is 5.75 Å². The zero-order chi connectivity index (χ0) is 25.8. The monoisotopic (exact) mass is 503 g/mol. The minimum absolute atomic E-state index is 0.0342. The highest BCUT2D eigenvalue weighted by molar-refractivity contribution is 7.92. The second kappa shape index (κ2) is 10.6. The van der Waals surface area contributed by atoms with Gasteiger partial charge in [-0.05, 0) is 37.8 Å². The molecule has 1 heterocycles. The summed E-state index contributed by atoms with van der Waals surface area (Å²) in [6.45, 7) is 5.88. The largest absolute Gasteiger partial charge is 0.487 e. The van der Waals surface area contributed by atoms with Gasteiger partial charge in [0, 0.05) is 37.1 Å². The fourth-order valence-corrected chi connectivity index (χ4v) is 5.54. The van der Waals surface area contributed by atoms with Gasteiger partial charge in [-0.2, -0.15) is 0 Å². The first-order valence-corrected chi connectivity index (χ1v) is 13.6. The third-order valence-corrected chi connectivity index (χ3v) is 7.84. The number of hydrogen-bond acceptors (Lipinski definition) is 6. The fourth-order valence-electron chi connectivity index (χ4n) is 4.52. The number of nitro benzene ring substituents is 1. The number of anilines is 1. The van der Waals surface area contributed by atoms with Crippen LogP contribution in [0.15, 0.2) is 42.5 Å². The Labute approximate surface area is 206 Å². The fraction of sp³-hybridized carbons (Fsp3) is 0.480. The molecule has 0 aromatic heterocycles. The van der Waals surface area contributed by atoms with Crippen molar-refractivity contribution in [1.29, 1.82) is 0 Å². The summed E-state index contributed by atoms with van der Waals surface area (Å²) in [6.07, 6.45) is 3.72. The number of hydrogen-bond donors (Lipinski definition) is 1. The molecule has 0 saturated carbocycles. The molecule has 2 aromatic carbocycles. The van der Waals surface area contributed by atoms with Crippen LogP contribution in [0.25, 0.3) is 0 Å². The quantitative estimate of drug-likeness (QED) is 0.372. The second-order valence-corrected chi connectivity index (χ2v) is 10.9. The third-order valence-electron chi connectivity index (χ3n) is 6.66. The number of amides is 1. The summed E-state index contributed by atoms with van der Waals surface area (Å²) in [5.74, 6) is 0.592. The zero-order valence-electron chi connectivity index (χ0n) is 20.6. The number of non-ortho nitro benzene ring substituents is 1. The van der Waals surface area contributed by atoms with E-state index >= 15 is 0 Å². The van der Waals surface area contributed by atoms with Gasteiger partial charge >= 0.3 is 0 Å². The van der Waals surface area contributed by atoms with E-state index in [0.29, 0.717) is 12.0 Å². The van der Waals surface area contributed by atoms with Crippen LogP contribution in [-0.4, -0.2) is 37.6 Å². The Morgan fingerprint density at radius 1 is 1.23 bits per heavy atom. The highest BCUT2D eigenvalue weighted by Crippen LogP contribution is 2.42. The molecular weight excluding hydrogens is 470 g/mol. The lowest BCUT2D eigenvalue weighted by atomic mass is 9.83. The molecule has 0 radical (unpaired) electrons. The molecule has 2 aromatic rings. The lowest BCUT2D eigenvalue weighted by Crippen LogP contribution is -2.44. The predicted octanol–water partition coefficient (Wildman–Crippen LogP) is 4.65. The number of carbonyl (C=O) groups is 1. The van der Waals surface area contributed by atoms with Gasteiger partial charge in [0.1, 0.15) is 11.4 Å². The molecule has 1 amide bonds. The summed E-state index contributed by atoms with van der Waals surface area (Å²) < 4.78 is 32.4. The van der Waals surface area contributed by atoms with Gasteiger partial charge in [0.15, 0.2) is 0 Å². The van der Waals surface area contributed by atoms with E-state index in [1.807, 2.05) is 24.3 Å². The molecule has 1 unspecified atom stereocenters. The average Bonchev–Trinajstić information content (AvgIpc) is 2.81. The Hall–Kier alpha value is -3.14. The molecule has 1 atom stereocenters. The van der Waals surface area contributed by atoms with Gasteiger partial charge in [0.2, 0.25) is 15.9 Å². The van der Waals surface area contributed by atoms with Crippen LogP contribution in [-0.2, 0) is 14.8 Å². The van der Waals surface area contributed by atoms with Crippen LogP contribution in [0.2, 0.25) is 0 Å². The number of sulfonamides is 1. The number of benzene rings is 2. The number of nitro groups is 1. The van der Waals surface area contributed by atoms with Gasteiger partial charge in [0.05, 0.1) is 22.9 Å². The number of rotatable bonds is 10. The normalized spacial score (nSPS) is 16.6. The molecule has 0 spiro atoms. The van der Waals surface area contributed by atoms with Crippen molar-refractivity contribution in [2.45, 2.75) is 64.5 Å². The standard InChI is InChI=1S/C25H33N3O6S/c1-5-25(6-2)17-21(20-10-7-8-11-23(20)34-25)26-24(29)12-9-15-27(35(4,32)33)22-16-19(28(30)31)14-13-18(22)3/h7-8,10-11,13-14,16,21H,5-6,9,12,15,17H2,1-4H3,(H,26,29). The van der Waals surface area contributed by atoms with E-state index in [4.69, 9.17) is 4.74 Å². The van der Waals surface area contributed by atoms with Crippen LogP contribution in [0.1, 0.15) is 63.1 Å². The molecule has 1 aliphatic rings. The van der Waals surface area contributed by atoms with Crippen LogP contribution in [0.4, 0.5) is 11.4 Å². The summed E-state index contributed by atoms with van der Waals surface area (Å²) >= 11 is 0. The first kappa shape index (κ1) is 26.5. The van der Waals surface area contributed by atoms with E-state index in [2.05, 4.69) is 19.2 Å². The number of carbonyl (C=O) groups excluding carboxylic acids is 1. The molecule has 0 aliphatic carbocycles. The van der Waals surface area contributed by atoms with E-state index in [1.165, 1.54) is 18.2 Å². The van der Waals surface area contributed by atoms with Gasteiger partial charge in [-0.3, -0.25) is 19.2 Å². The van der Waals surface area contributed by atoms with Crippen molar-refractivity contribution in [2.75, 3.05) is 17.1 Å². The van der Waals surface area contributed by atoms with Crippen LogP contribution in [0.5, 0.6) is 5.75 Å². The SMILES string of the molecule is CCC1(CC)CC(NC(=O)CCCN(c2cc([N+](=O)[O-])ccc2C)S(C)(=O)=O)c2ccccc2O1. The van der Waals surface area contributed by atoms with Gasteiger partial charge in [-0.25, -0.2) is 8.42 Å². The van der Waals surface area contributed by atoms with Crippen molar-refractivity contribution in [3.63, 3.8) is 0 Å². The summed E-state index contributed by atoms with van der Waals surface area (Å²) in [5.41, 5.74) is 1.24. The zero-order valence-corrected chi connectivity index (χ0v) is 21.4. The molecule has 0 bridgehead atoms. The van der Waals surface area contributed by atoms with E-state index in [9.17, 15) is 23.3 Å². The highest BCUT2D eigenvalue weighted by Gasteiger charge is 2.38. The molecule has 3 rings (SSSR count). The lowest BCUT2D eigenvalue weighted by Gasteiger charge is -2.41. The van der Waals surface area contributed by atoms with E-state index in [-0.39, 0.29) is 48.3 Å². The van der Waals surface area contributed by atoms with Gasteiger partial charge in [-0.1, -0.05) is 38.1 Å². The van der Waals surface area contributed by atoms with Gasteiger partial charge in [-0.15, -0.1) is 0 Å². The Morgan fingerprint density at radius 3 is 2.54 bits per heavy atom. The van der Waals surface area contributed by atoms with Crippen LogP contribution in [0, 0.1) is 17.0 Å².